The number of amides is 1. The number of fused-ring (bicyclic) bond motifs is 1. The van der Waals surface area contributed by atoms with Crippen LogP contribution in [-0.4, -0.2) is 107 Å². The number of hydrogen-bond acceptors (Lipinski definition) is 9. The van der Waals surface area contributed by atoms with Crippen molar-refractivity contribution < 1.29 is 29.6 Å². The van der Waals surface area contributed by atoms with Gasteiger partial charge >= 0.3 is 0 Å². The molecule has 0 bridgehead atoms. The number of hydrogen-bond donors (Lipinski definition) is 6. The maximum atomic E-state index is 13.0. The number of nitrogens with one attached hydrogen (secondary N) is 3. The monoisotopic (exact) mass is 439 g/mol. The Morgan fingerprint density at radius 3 is 2.68 bits per heavy atom. The molecule has 3 aliphatic rings. The summed E-state index contributed by atoms with van der Waals surface area (Å²) in [5, 5.41) is 39.5. The van der Waals surface area contributed by atoms with Crippen LogP contribution in [0, 0.1) is 5.92 Å². The third-order valence-corrected chi connectivity index (χ3v) is 6.79. The van der Waals surface area contributed by atoms with E-state index in [2.05, 4.69) is 16.0 Å². The van der Waals surface area contributed by atoms with Crippen LogP contribution >= 0.6 is 23.4 Å². The minimum absolute atomic E-state index is 0.194. The second kappa shape index (κ2) is 9.76. The summed E-state index contributed by atoms with van der Waals surface area (Å²) >= 11 is 7.53. The zero-order valence-corrected chi connectivity index (χ0v) is 17.5. The number of thioether (sulfide) groups is 1. The molecule has 9 nitrogen and oxygen atoms in total. The van der Waals surface area contributed by atoms with E-state index in [4.69, 9.17) is 21.1 Å². The largest absolute Gasteiger partial charge is 0.388 e. The number of carbonyl (C=O) groups excluding carboxylic acids is 1. The molecule has 162 valence electrons. The van der Waals surface area contributed by atoms with Crippen molar-refractivity contribution in [3.8, 4) is 0 Å². The van der Waals surface area contributed by atoms with E-state index >= 15 is 0 Å². The molecule has 0 aromatic heterocycles. The third-order valence-electron chi connectivity index (χ3n) is 5.67. The number of halogens is 1. The lowest BCUT2D eigenvalue weighted by molar-refractivity contribution is -0.205. The molecule has 0 radical (unpaired) electrons. The molecule has 28 heavy (non-hydrogen) atoms. The predicted octanol–water partition coefficient (Wildman–Crippen LogP) is -2.15. The van der Waals surface area contributed by atoms with E-state index < -0.39 is 47.3 Å². The molecule has 3 fully saturated rings. The smallest absolute Gasteiger partial charge is 0.240 e. The van der Waals surface area contributed by atoms with Gasteiger partial charge in [-0.1, -0.05) is 0 Å². The molecule has 1 amide bonds. The van der Waals surface area contributed by atoms with Crippen LogP contribution in [0.15, 0.2) is 0 Å². The Bertz CT molecular complexity index is 545. The molecule has 0 spiro atoms. The highest BCUT2D eigenvalue weighted by atomic mass is 35.5. The van der Waals surface area contributed by atoms with E-state index in [1.165, 1.54) is 11.8 Å². The van der Waals surface area contributed by atoms with Crippen LogP contribution in [0.1, 0.15) is 6.92 Å². The van der Waals surface area contributed by atoms with E-state index in [1.54, 1.807) is 13.2 Å². The Hall–Kier alpha value is -0.170. The molecule has 11 heteroatoms. The lowest BCUT2D eigenvalue weighted by Crippen LogP contribution is -2.65. The van der Waals surface area contributed by atoms with Crippen molar-refractivity contribution in [3.05, 3.63) is 0 Å². The van der Waals surface area contributed by atoms with Gasteiger partial charge in [0, 0.05) is 25.6 Å². The van der Waals surface area contributed by atoms with Crippen LogP contribution in [0.5, 0.6) is 0 Å². The van der Waals surface area contributed by atoms with Crippen molar-refractivity contribution in [2.45, 2.75) is 60.3 Å². The van der Waals surface area contributed by atoms with Crippen molar-refractivity contribution >= 4 is 29.3 Å². The second-order valence-corrected chi connectivity index (χ2v) is 9.20. The molecule has 3 saturated heterocycles. The standard InChI is InChI=1S/C17H30ClN3O6S/c1-7(18)9(15-12(23)11(22)13(24)17(27-15)28-2)21-16(25)10-14-8(6-20-10)5-19-3-4-26-14/h7-15,17,19-20,22-24H,3-6H2,1-2H3,(H,21,25)/t7-,8-,9+,10-,11?,12-,13+,14+,15+,17?/m0/s1. The molecular formula is C17H30ClN3O6S. The van der Waals surface area contributed by atoms with Crippen LogP contribution in [0.2, 0.25) is 0 Å². The average Bonchev–Trinajstić information content (AvgIpc) is 2.93. The van der Waals surface area contributed by atoms with Crippen LogP contribution in [0.25, 0.3) is 0 Å². The van der Waals surface area contributed by atoms with Crippen molar-refractivity contribution in [2.24, 2.45) is 5.92 Å². The zero-order valence-electron chi connectivity index (χ0n) is 16.0. The Labute approximate surface area is 173 Å². The molecule has 3 aliphatic heterocycles. The molecule has 0 aliphatic carbocycles. The van der Waals surface area contributed by atoms with E-state index in [1.807, 2.05) is 0 Å². The molecule has 0 saturated carbocycles. The summed E-state index contributed by atoms with van der Waals surface area (Å²) in [5.41, 5.74) is -0.733. The summed E-state index contributed by atoms with van der Waals surface area (Å²) in [6.45, 7) is 4.41. The van der Waals surface area contributed by atoms with Gasteiger partial charge in [-0.05, 0) is 13.2 Å². The van der Waals surface area contributed by atoms with Gasteiger partial charge < -0.3 is 40.7 Å². The molecule has 3 heterocycles. The fourth-order valence-corrected chi connectivity index (χ4v) is 4.96. The number of ether oxygens (including phenoxy) is 2. The molecule has 2 unspecified atom stereocenters. The third kappa shape index (κ3) is 4.60. The molecule has 3 rings (SSSR count). The molecule has 0 aromatic carbocycles. The summed E-state index contributed by atoms with van der Waals surface area (Å²) in [7, 11) is 0. The Morgan fingerprint density at radius 2 is 2.00 bits per heavy atom. The summed E-state index contributed by atoms with van der Waals surface area (Å²) < 4.78 is 11.6. The van der Waals surface area contributed by atoms with Gasteiger partial charge in [-0.15, -0.1) is 23.4 Å². The Kier molecular flexibility index (Phi) is 7.85. The van der Waals surface area contributed by atoms with Gasteiger partial charge in [-0.3, -0.25) is 4.79 Å². The first-order chi connectivity index (χ1) is 13.3. The maximum Gasteiger partial charge on any atom is 0.240 e. The van der Waals surface area contributed by atoms with Gasteiger partial charge in [0.15, 0.2) is 0 Å². The van der Waals surface area contributed by atoms with Gasteiger partial charge in [-0.2, -0.15) is 0 Å². The quantitative estimate of drug-likeness (QED) is 0.265. The average molecular weight is 440 g/mol. The van der Waals surface area contributed by atoms with E-state index in [0.29, 0.717) is 13.2 Å². The SMILES string of the molecule is CSC1O[C@H]([C@H](NC(=O)[C@H]2NC[C@@H]3CNCCO[C@H]32)[C@H](C)Cl)[C@@H](O)C(O)[C@H]1O. The summed E-state index contributed by atoms with van der Waals surface area (Å²) in [4.78, 5) is 13.0. The van der Waals surface area contributed by atoms with Crippen molar-refractivity contribution in [1.29, 1.82) is 0 Å². The summed E-state index contributed by atoms with van der Waals surface area (Å²) in [5.74, 6) is -0.0940. The topological polar surface area (TPSA) is 132 Å². The lowest BCUT2D eigenvalue weighted by atomic mass is 9.92. The van der Waals surface area contributed by atoms with Crippen molar-refractivity contribution in [1.82, 2.24) is 16.0 Å². The maximum absolute atomic E-state index is 13.0. The van der Waals surface area contributed by atoms with Crippen LogP contribution in [0.3, 0.4) is 0 Å². The zero-order chi connectivity index (χ0) is 20.4. The minimum Gasteiger partial charge on any atom is -0.388 e. The molecular weight excluding hydrogens is 410 g/mol. The fourth-order valence-electron chi connectivity index (χ4n) is 4.08. The Balaban J connectivity index is 1.71. The first-order valence-corrected chi connectivity index (χ1v) is 11.3. The molecule has 6 N–H and O–H groups in total. The van der Waals surface area contributed by atoms with E-state index in [-0.39, 0.29) is 17.9 Å². The minimum atomic E-state index is -1.39. The number of carbonyl (C=O) groups is 1. The number of aliphatic hydroxyl groups excluding tert-OH is 3. The van der Waals surface area contributed by atoms with Crippen LogP contribution in [0.4, 0.5) is 0 Å². The van der Waals surface area contributed by atoms with Crippen molar-refractivity contribution in [2.75, 3.05) is 32.5 Å². The highest BCUT2D eigenvalue weighted by molar-refractivity contribution is 7.99. The number of rotatable bonds is 5. The van der Waals surface area contributed by atoms with Gasteiger partial charge in [-0.25, -0.2) is 0 Å². The van der Waals surface area contributed by atoms with Crippen molar-refractivity contribution in [3.63, 3.8) is 0 Å². The van der Waals surface area contributed by atoms with Gasteiger partial charge in [0.1, 0.15) is 35.9 Å². The number of aliphatic hydroxyl groups is 3. The van der Waals surface area contributed by atoms with Crippen LogP contribution in [-0.2, 0) is 14.3 Å². The molecule has 0 aromatic rings. The van der Waals surface area contributed by atoms with Gasteiger partial charge in [0.25, 0.3) is 0 Å². The first-order valence-electron chi connectivity index (χ1n) is 9.57. The van der Waals surface area contributed by atoms with E-state index in [0.717, 1.165) is 13.1 Å². The van der Waals surface area contributed by atoms with Gasteiger partial charge in [0.05, 0.1) is 24.1 Å². The first kappa shape index (κ1) is 22.5. The summed E-state index contributed by atoms with van der Waals surface area (Å²) in [6, 6.07) is -1.29. The van der Waals surface area contributed by atoms with Gasteiger partial charge in [0.2, 0.25) is 5.91 Å². The summed E-state index contributed by atoms with van der Waals surface area (Å²) in [6.07, 6.45) is -3.48. The second-order valence-electron chi connectivity index (χ2n) is 7.57. The molecule has 10 atom stereocenters. The highest BCUT2D eigenvalue weighted by Gasteiger charge is 2.49. The lowest BCUT2D eigenvalue weighted by Gasteiger charge is -2.44. The Morgan fingerprint density at radius 1 is 1.25 bits per heavy atom. The van der Waals surface area contributed by atoms with Crippen LogP contribution < -0.4 is 16.0 Å². The fraction of sp³-hybridized carbons (Fsp3) is 0.941. The number of alkyl halides is 1. The normalized spacial score (nSPS) is 43.6. The predicted molar refractivity (Wildman–Crippen MR) is 105 cm³/mol. The highest BCUT2D eigenvalue weighted by Crippen LogP contribution is 2.30. The van der Waals surface area contributed by atoms with E-state index in [9.17, 15) is 20.1 Å².